The van der Waals surface area contributed by atoms with E-state index < -0.39 is 4.92 Å². The Morgan fingerprint density at radius 2 is 2.11 bits per heavy atom. The number of non-ortho nitro benzene ring substituents is 1. The van der Waals surface area contributed by atoms with Gasteiger partial charge in [0.15, 0.2) is 0 Å². The molecule has 1 fully saturated rings. The Bertz CT molecular complexity index is 623. The Labute approximate surface area is 103 Å². The molecule has 1 aromatic carbocycles. The first kappa shape index (κ1) is 10.9. The molecule has 1 aliphatic heterocycles. The van der Waals surface area contributed by atoms with Crippen LogP contribution in [0.4, 0.5) is 11.5 Å². The van der Waals surface area contributed by atoms with Gasteiger partial charge in [-0.2, -0.15) is 0 Å². The molecule has 3 rings (SSSR count). The zero-order chi connectivity index (χ0) is 12.7. The summed E-state index contributed by atoms with van der Waals surface area (Å²) in [7, 11) is 0. The average Bonchev–Trinajstić information content (AvgIpc) is 2.33. The Kier molecular flexibility index (Phi) is 2.38. The number of nitro groups is 1. The maximum absolute atomic E-state index is 10.7. The number of aromatic nitrogens is 1. The van der Waals surface area contributed by atoms with Gasteiger partial charge in [0.2, 0.25) is 0 Å². The molecule has 1 aliphatic rings. The van der Waals surface area contributed by atoms with Gasteiger partial charge in [-0.15, -0.1) is 0 Å². The number of aliphatic hydroxyl groups excluding tert-OH is 1. The van der Waals surface area contributed by atoms with Crippen LogP contribution >= 0.6 is 0 Å². The van der Waals surface area contributed by atoms with E-state index in [1.165, 1.54) is 12.1 Å². The predicted molar refractivity (Wildman–Crippen MR) is 66.6 cm³/mol. The molecule has 1 aromatic heterocycles. The second kappa shape index (κ2) is 3.92. The van der Waals surface area contributed by atoms with E-state index in [1.807, 2.05) is 17.0 Å². The normalized spacial score (nSPS) is 15.7. The molecule has 0 aliphatic carbocycles. The third kappa shape index (κ3) is 1.76. The fourth-order valence-corrected chi connectivity index (χ4v) is 2.03. The summed E-state index contributed by atoms with van der Waals surface area (Å²) in [5.41, 5.74) is 0.788. The summed E-state index contributed by atoms with van der Waals surface area (Å²) in [5, 5.41) is 20.7. The zero-order valence-electron chi connectivity index (χ0n) is 9.48. The topological polar surface area (TPSA) is 79.5 Å². The fraction of sp³-hybridized carbons (Fsp3) is 0.250. The van der Waals surface area contributed by atoms with E-state index in [4.69, 9.17) is 0 Å². The maximum Gasteiger partial charge on any atom is 0.270 e. The largest absolute Gasteiger partial charge is 0.389 e. The summed E-state index contributed by atoms with van der Waals surface area (Å²) in [5.74, 6) is 0.793. The molecule has 18 heavy (non-hydrogen) atoms. The highest BCUT2D eigenvalue weighted by atomic mass is 16.6. The van der Waals surface area contributed by atoms with E-state index in [0.29, 0.717) is 13.1 Å². The SMILES string of the molecule is O=[N+]([O-])c1ccc2nc(N3CC(O)C3)ccc2c1. The second-order valence-corrected chi connectivity index (χ2v) is 4.36. The van der Waals surface area contributed by atoms with Gasteiger partial charge in [-0.1, -0.05) is 0 Å². The van der Waals surface area contributed by atoms with Crippen molar-refractivity contribution in [2.24, 2.45) is 0 Å². The van der Waals surface area contributed by atoms with Crippen molar-refractivity contribution in [3.63, 3.8) is 0 Å². The van der Waals surface area contributed by atoms with Crippen molar-refractivity contribution in [2.45, 2.75) is 6.10 Å². The van der Waals surface area contributed by atoms with Gasteiger partial charge >= 0.3 is 0 Å². The highest BCUT2D eigenvalue weighted by molar-refractivity contribution is 5.82. The molecular weight excluding hydrogens is 234 g/mol. The molecule has 0 unspecified atom stereocenters. The van der Waals surface area contributed by atoms with Crippen molar-refractivity contribution < 1.29 is 10.0 Å². The molecule has 0 radical (unpaired) electrons. The summed E-state index contributed by atoms with van der Waals surface area (Å²) in [6.07, 6.45) is -0.278. The van der Waals surface area contributed by atoms with Crippen LogP contribution in [0.3, 0.4) is 0 Å². The molecule has 1 N–H and O–H groups in total. The van der Waals surface area contributed by atoms with Crippen LogP contribution in [0.1, 0.15) is 0 Å². The van der Waals surface area contributed by atoms with Gasteiger partial charge in [0.25, 0.3) is 5.69 Å². The molecular formula is C12H11N3O3. The number of aliphatic hydroxyl groups is 1. The number of nitrogens with zero attached hydrogens (tertiary/aromatic N) is 3. The van der Waals surface area contributed by atoms with E-state index in [0.717, 1.165) is 16.7 Å². The van der Waals surface area contributed by atoms with Gasteiger partial charge in [-0.05, 0) is 18.2 Å². The smallest absolute Gasteiger partial charge is 0.270 e. The number of anilines is 1. The summed E-state index contributed by atoms with van der Waals surface area (Å²) >= 11 is 0. The van der Waals surface area contributed by atoms with Crippen molar-refractivity contribution in [3.8, 4) is 0 Å². The van der Waals surface area contributed by atoms with Crippen LogP contribution in [0.25, 0.3) is 10.9 Å². The highest BCUT2D eigenvalue weighted by Gasteiger charge is 2.25. The molecule has 0 atom stereocenters. The number of hydrogen-bond donors (Lipinski definition) is 1. The minimum atomic E-state index is -0.418. The van der Waals surface area contributed by atoms with Gasteiger partial charge < -0.3 is 10.0 Å². The van der Waals surface area contributed by atoms with Gasteiger partial charge in [0, 0.05) is 30.6 Å². The Morgan fingerprint density at radius 3 is 2.78 bits per heavy atom. The van der Waals surface area contributed by atoms with Crippen LogP contribution in [0, 0.1) is 10.1 Å². The zero-order valence-corrected chi connectivity index (χ0v) is 9.48. The van der Waals surface area contributed by atoms with E-state index in [-0.39, 0.29) is 11.8 Å². The standard InChI is InChI=1S/C12H11N3O3/c16-10-6-14(7-10)12-4-1-8-5-9(15(17)18)2-3-11(8)13-12/h1-5,10,16H,6-7H2. The number of pyridine rings is 1. The van der Waals surface area contributed by atoms with Crippen LogP contribution in [-0.2, 0) is 0 Å². The summed E-state index contributed by atoms with van der Waals surface area (Å²) in [6.45, 7) is 1.18. The summed E-state index contributed by atoms with van der Waals surface area (Å²) in [4.78, 5) is 16.6. The summed E-state index contributed by atoms with van der Waals surface area (Å²) in [6, 6.07) is 8.24. The van der Waals surface area contributed by atoms with Crippen molar-refractivity contribution in [3.05, 3.63) is 40.4 Å². The molecule has 1 saturated heterocycles. The van der Waals surface area contributed by atoms with Crippen LogP contribution in [-0.4, -0.2) is 34.2 Å². The Balaban J connectivity index is 1.98. The summed E-state index contributed by atoms with van der Waals surface area (Å²) < 4.78 is 0. The van der Waals surface area contributed by atoms with Crippen LogP contribution < -0.4 is 4.90 Å². The van der Waals surface area contributed by atoms with E-state index in [9.17, 15) is 15.2 Å². The molecule has 6 heteroatoms. The van der Waals surface area contributed by atoms with Crippen molar-refractivity contribution >= 4 is 22.4 Å². The van der Waals surface area contributed by atoms with Gasteiger partial charge in [-0.25, -0.2) is 4.98 Å². The highest BCUT2D eigenvalue weighted by Crippen LogP contribution is 2.24. The first-order chi connectivity index (χ1) is 8.63. The molecule has 2 heterocycles. The second-order valence-electron chi connectivity index (χ2n) is 4.36. The van der Waals surface area contributed by atoms with Crippen molar-refractivity contribution in [1.82, 2.24) is 4.98 Å². The van der Waals surface area contributed by atoms with Crippen LogP contribution in [0.2, 0.25) is 0 Å². The lowest BCUT2D eigenvalue weighted by molar-refractivity contribution is -0.384. The molecule has 2 aromatic rings. The molecule has 92 valence electrons. The monoisotopic (exact) mass is 245 g/mol. The third-order valence-electron chi connectivity index (χ3n) is 3.06. The van der Waals surface area contributed by atoms with E-state index in [2.05, 4.69) is 4.98 Å². The Hall–Kier alpha value is -2.21. The van der Waals surface area contributed by atoms with Crippen molar-refractivity contribution in [2.75, 3.05) is 18.0 Å². The van der Waals surface area contributed by atoms with Crippen LogP contribution in [0.5, 0.6) is 0 Å². The lowest BCUT2D eigenvalue weighted by Gasteiger charge is -2.36. The average molecular weight is 245 g/mol. The quantitative estimate of drug-likeness (QED) is 0.637. The molecule has 6 nitrogen and oxygen atoms in total. The maximum atomic E-state index is 10.7. The fourth-order valence-electron chi connectivity index (χ4n) is 2.03. The number of fused-ring (bicyclic) bond motifs is 1. The third-order valence-corrected chi connectivity index (χ3v) is 3.06. The first-order valence-corrected chi connectivity index (χ1v) is 5.62. The molecule has 0 saturated carbocycles. The Morgan fingerprint density at radius 1 is 1.33 bits per heavy atom. The molecule has 0 bridgehead atoms. The lowest BCUT2D eigenvalue weighted by atomic mass is 10.1. The van der Waals surface area contributed by atoms with Gasteiger partial charge in [-0.3, -0.25) is 10.1 Å². The number of benzene rings is 1. The first-order valence-electron chi connectivity index (χ1n) is 5.62. The molecule has 0 amide bonds. The predicted octanol–water partition coefficient (Wildman–Crippen LogP) is 1.32. The number of β-amino-alcohol motifs (C(OH)–C–C–N with tert-alkyl or cyclic N) is 1. The minimum absolute atomic E-state index is 0.0661. The van der Waals surface area contributed by atoms with E-state index in [1.54, 1.807) is 6.07 Å². The minimum Gasteiger partial charge on any atom is -0.389 e. The molecule has 0 spiro atoms. The lowest BCUT2D eigenvalue weighted by Crippen LogP contribution is -2.51. The number of nitro benzene ring substituents is 1. The van der Waals surface area contributed by atoms with E-state index >= 15 is 0 Å². The van der Waals surface area contributed by atoms with Gasteiger partial charge in [0.1, 0.15) is 5.82 Å². The number of rotatable bonds is 2. The van der Waals surface area contributed by atoms with Crippen LogP contribution in [0.15, 0.2) is 30.3 Å². The van der Waals surface area contributed by atoms with Crippen molar-refractivity contribution in [1.29, 1.82) is 0 Å². The van der Waals surface area contributed by atoms with Gasteiger partial charge in [0.05, 0.1) is 16.5 Å². The number of hydrogen-bond acceptors (Lipinski definition) is 5.